The van der Waals surface area contributed by atoms with Gasteiger partial charge in [0.1, 0.15) is 0 Å². The van der Waals surface area contributed by atoms with Crippen molar-refractivity contribution in [1.29, 1.82) is 0 Å². The minimum absolute atomic E-state index is 0.118. The summed E-state index contributed by atoms with van der Waals surface area (Å²) in [5, 5.41) is 3.24. The number of amides is 1. The molecule has 1 aliphatic heterocycles. The van der Waals surface area contributed by atoms with Gasteiger partial charge in [0.05, 0.1) is 11.0 Å². The largest absolute Gasteiger partial charge is 0.416 e. The van der Waals surface area contributed by atoms with Crippen molar-refractivity contribution in [3.63, 3.8) is 0 Å². The molecule has 2 aliphatic rings. The Kier molecular flexibility index (Phi) is 7.51. The number of nitrogens with zero attached hydrogens (tertiary/aromatic N) is 2. The van der Waals surface area contributed by atoms with E-state index < -0.39 is 17.2 Å². The molecule has 1 heterocycles. The number of piperazine rings is 1. The van der Waals surface area contributed by atoms with E-state index in [0.29, 0.717) is 25.3 Å². The molecule has 34 heavy (non-hydrogen) atoms. The lowest BCUT2D eigenvalue weighted by molar-refractivity contribution is -0.137. The molecule has 2 aromatic rings. The quantitative estimate of drug-likeness (QED) is 0.624. The highest BCUT2D eigenvalue weighted by Crippen LogP contribution is 2.39. The van der Waals surface area contributed by atoms with Crippen molar-refractivity contribution in [2.24, 2.45) is 0 Å². The maximum Gasteiger partial charge on any atom is 0.416 e. The van der Waals surface area contributed by atoms with E-state index in [2.05, 4.69) is 29.3 Å². The Morgan fingerprint density at radius 3 is 2.29 bits per heavy atom. The maximum absolute atomic E-state index is 13.4. The van der Waals surface area contributed by atoms with E-state index in [0.717, 1.165) is 50.4 Å². The third kappa shape index (κ3) is 5.40. The van der Waals surface area contributed by atoms with Crippen molar-refractivity contribution in [1.82, 2.24) is 10.2 Å². The predicted octanol–water partition coefficient (Wildman–Crippen LogP) is 5.23. The standard InChI is InChI=1S/C27H34F3N3O/c1-21(20-31-25(34)26(13-6-3-7-14-26)22-9-4-2-5-10-22)32-15-17-33(18-16-32)24-12-8-11-23(19-24)27(28,29)30/h2,4-5,8-12,19,21H,3,6-7,13-18,20H2,1H3,(H,31,34). The topological polar surface area (TPSA) is 35.6 Å². The van der Waals surface area contributed by atoms with Crippen molar-refractivity contribution in [3.8, 4) is 0 Å². The average Bonchev–Trinajstić information content (AvgIpc) is 2.87. The van der Waals surface area contributed by atoms with E-state index in [4.69, 9.17) is 0 Å². The fourth-order valence-corrected chi connectivity index (χ4v) is 5.40. The molecule has 1 unspecified atom stereocenters. The molecule has 0 aromatic heterocycles. The van der Waals surface area contributed by atoms with E-state index in [9.17, 15) is 18.0 Å². The minimum atomic E-state index is -4.33. The summed E-state index contributed by atoms with van der Waals surface area (Å²) >= 11 is 0. The van der Waals surface area contributed by atoms with Gasteiger partial charge in [0.25, 0.3) is 0 Å². The summed E-state index contributed by atoms with van der Waals surface area (Å²) in [6, 6.07) is 15.8. The van der Waals surface area contributed by atoms with Crippen LogP contribution in [0.3, 0.4) is 0 Å². The molecule has 0 bridgehead atoms. The summed E-state index contributed by atoms with van der Waals surface area (Å²) in [7, 11) is 0. The van der Waals surface area contributed by atoms with Crippen LogP contribution in [0.4, 0.5) is 18.9 Å². The van der Waals surface area contributed by atoms with Crippen LogP contribution in [0.25, 0.3) is 0 Å². The van der Waals surface area contributed by atoms with Gasteiger partial charge in [-0.3, -0.25) is 9.69 Å². The van der Waals surface area contributed by atoms with E-state index >= 15 is 0 Å². The van der Waals surface area contributed by atoms with Gasteiger partial charge in [-0.1, -0.05) is 55.7 Å². The van der Waals surface area contributed by atoms with Crippen LogP contribution in [-0.2, 0) is 16.4 Å². The highest BCUT2D eigenvalue weighted by atomic mass is 19.4. The number of nitrogens with one attached hydrogen (secondary N) is 1. The van der Waals surface area contributed by atoms with Gasteiger partial charge in [-0.25, -0.2) is 0 Å². The Morgan fingerprint density at radius 2 is 1.65 bits per heavy atom. The highest BCUT2D eigenvalue weighted by molar-refractivity contribution is 5.88. The van der Waals surface area contributed by atoms with E-state index in [-0.39, 0.29) is 11.9 Å². The molecule has 4 nitrogen and oxygen atoms in total. The van der Waals surface area contributed by atoms with Gasteiger partial charge >= 0.3 is 6.18 Å². The minimum Gasteiger partial charge on any atom is -0.369 e. The summed E-state index contributed by atoms with van der Waals surface area (Å²) in [6.07, 6.45) is 0.735. The zero-order chi connectivity index (χ0) is 24.2. The number of halogens is 3. The number of hydrogen-bond donors (Lipinski definition) is 1. The predicted molar refractivity (Wildman–Crippen MR) is 129 cm³/mol. The van der Waals surface area contributed by atoms with Crippen molar-refractivity contribution in [2.75, 3.05) is 37.6 Å². The third-order valence-corrected chi connectivity index (χ3v) is 7.50. The molecule has 0 radical (unpaired) electrons. The van der Waals surface area contributed by atoms with Crippen LogP contribution in [0.1, 0.15) is 50.2 Å². The molecule has 1 aliphatic carbocycles. The molecule has 1 atom stereocenters. The van der Waals surface area contributed by atoms with Crippen LogP contribution in [0.5, 0.6) is 0 Å². The number of rotatable bonds is 6. The van der Waals surface area contributed by atoms with Gasteiger partial charge in [0.15, 0.2) is 0 Å². The molecule has 7 heteroatoms. The van der Waals surface area contributed by atoms with Crippen LogP contribution in [0.2, 0.25) is 0 Å². The fourth-order valence-electron chi connectivity index (χ4n) is 5.40. The molecule has 1 saturated carbocycles. The summed E-state index contributed by atoms with van der Waals surface area (Å²) in [5.74, 6) is 0.118. The van der Waals surface area contributed by atoms with Crippen molar-refractivity contribution >= 4 is 11.6 Å². The third-order valence-electron chi connectivity index (χ3n) is 7.50. The maximum atomic E-state index is 13.4. The molecular weight excluding hydrogens is 439 g/mol. The van der Waals surface area contributed by atoms with E-state index in [1.54, 1.807) is 6.07 Å². The fraction of sp³-hybridized carbons (Fsp3) is 0.519. The SMILES string of the molecule is CC(CNC(=O)C1(c2ccccc2)CCCCC1)N1CCN(c2cccc(C(F)(F)F)c2)CC1. The van der Waals surface area contributed by atoms with Gasteiger partial charge < -0.3 is 10.2 Å². The smallest absolute Gasteiger partial charge is 0.369 e. The molecule has 1 saturated heterocycles. The van der Waals surface area contributed by atoms with Crippen LogP contribution in [0, 0.1) is 0 Å². The second-order valence-corrected chi connectivity index (χ2v) is 9.64. The summed E-state index contributed by atoms with van der Waals surface area (Å²) in [4.78, 5) is 17.7. The zero-order valence-corrected chi connectivity index (χ0v) is 19.8. The van der Waals surface area contributed by atoms with Crippen LogP contribution < -0.4 is 10.2 Å². The monoisotopic (exact) mass is 473 g/mol. The first kappa shape index (κ1) is 24.6. The lowest BCUT2D eigenvalue weighted by Crippen LogP contribution is -2.54. The zero-order valence-electron chi connectivity index (χ0n) is 19.8. The summed E-state index contributed by atoms with van der Waals surface area (Å²) < 4.78 is 39.2. The number of carbonyl (C=O) groups is 1. The first-order valence-corrected chi connectivity index (χ1v) is 12.3. The molecule has 0 spiro atoms. The normalized spacial score (nSPS) is 20.1. The summed E-state index contributed by atoms with van der Waals surface area (Å²) in [5.41, 5.74) is 0.659. The van der Waals surface area contributed by atoms with Gasteiger partial charge in [-0.05, 0) is 43.5 Å². The Balaban J connectivity index is 1.33. The van der Waals surface area contributed by atoms with Gasteiger partial charge in [0.2, 0.25) is 5.91 Å². The molecule has 1 N–H and O–H groups in total. The van der Waals surface area contributed by atoms with Crippen molar-refractivity contribution < 1.29 is 18.0 Å². The first-order chi connectivity index (χ1) is 16.3. The summed E-state index contributed by atoms with van der Waals surface area (Å²) in [6.45, 7) is 5.49. The van der Waals surface area contributed by atoms with Gasteiger partial charge in [0, 0.05) is 44.5 Å². The molecular formula is C27H34F3N3O. The lowest BCUT2D eigenvalue weighted by atomic mass is 9.68. The first-order valence-electron chi connectivity index (χ1n) is 12.3. The Morgan fingerprint density at radius 1 is 0.971 bits per heavy atom. The Hall–Kier alpha value is -2.54. The number of hydrogen-bond acceptors (Lipinski definition) is 3. The molecule has 2 aromatic carbocycles. The highest BCUT2D eigenvalue weighted by Gasteiger charge is 2.41. The van der Waals surface area contributed by atoms with E-state index in [1.807, 2.05) is 23.1 Å². The molecule has 1 amide bonds. The average molecular weight is 474 g/mol. The second kappa shape index (κ2) is 10.4. The van der Waals surface area contributed by atoms with Crippen molar-refractivity contribution in [2.45, 2.75) is 56.7 Å². The number of alkyl halides is 3. The van der Waals surface area contributed by atoms with Crippen LogP contribution in [0.15, 0.2) is 54.6 Å². The van der Waals surface area contributed by atoms with Gasteiger partial charge in [-0.2, -0.15) is 13.2 Å². The van der Waals surface area contributed by atoms with E-state index in [1.165, 1.54) is 18.6 Å². The number of carbonyl (C=O) groups excluding carboxylic acids is 1. The number of anilines is 1. The Labute approximate surface area is 200 Å². The van der Waals surface area contributed by atoms with Gasteiger partial charge in [-0.15, -0.1) is 0 Å². The molecule has 2 fully saturated rings. The second-order valence-electron chi connectivity index (χ2n) is 9.64. The lowest BCUT2D eigenvalue weighted by Gasteiger charge is -2.40. The van der Waals surface area contributed by atoms with Crippen molar-refractivity contribution in [3.05, 3.63) is 65.7 Å². The van der Waals surface area contributed by atoms with Crippen LogP contribution >= 0.6 is 0 Å². The Bertz CT molecular complexity index is 949. The molecule has 184 valence electrons. The van der Waals surface area contributed by atoms with Crippen LogP contribution in [-0.4, -0.2) is 49.6 Å². The number of benzene rings is 2. The molecule has 4 rings (SSSR count).